The Hall–Kier alpha value is -1.62. The number of hydrogen-bond acceptors (Lipinski definition) is 3. The topological polar surface area (TPSA) is 65.5 Å². The van der Waals surface area contributed by atoms with Crippen LogP contribution in [-0.2, 0) is 0 Å². The molecule has 1 unspecified atom stereocenters. The van der Waals surface area contributed by atoms with E-state index in [1.165, 1.54) is 0 Å². The third-order valence-corrected chi connectivity index (χ3v) is 2.62. The number of nitrogens with one attached hydrogen (secondary N) is 1. The number of nitrogens with zero attached hydrogens (tertiary/aromatic N) is 2. The van der Waals surface area contributed by atoms with Crippen molar-refractivity contribution < 1.29 is 9.90 Å². The lowest BCUT2D eigenvalue weighted by atomic mass is 10.1. The molecule has 5 heteroatoms. The fourth-order valence-electron chi connectivity index (χ4n) is 1.78. The highest BCUT2D eigenvalue weighted by Gasteiger charge is 2.21. The number of urea groups is 1. The Kier molecular flexibility index (Phi) is 3.36. The first-order valence-electron chi connectivity index (χ1n) is 5.40. The first-order valence-corrected chi connectivity index (χ1v) is 5.40. The highest BCUT2D eigenvalue weighted by Crippen LogP contribution is 2.12. The van der Waals surface area contributed by atoms with Gasteiger partial charge in [0.15, 0.2) is 0 Å². The Morgan fingerprint density at radius 2 is 2.25 bits per heavy atom. The van der Waals surface area contributed by atoms with Gasteiger partial charge in [-0.3, -0.25) is 4.98 Å². The van der Waals surface area contributed by atoms with Gasteiger partial charge in [-0.05, 0) is 25.0 Å². The van der Waals surface area contributed by atoms with Gasteiger partial charge < -0.3 is 15.3 Å². The maximum Gasteiger partial charge on any atom is 0.321 e. The minimum absolute atomic E-state index is 0.162. The standard InChI is InChI=1S/C11H15N3O2/c15-10-2-1-7-14(8-10)11(16)13-9-3-5-12-6-4-9/h3-6,10,15H,1-2,7-8H2,(H,12,13,16). The number of hydrogen-bond donors (Lipinski definition) is 2. The van der Waals surface area contributed by atoms with Gasteiger partial charge in [0.1, 0.15) is 0 Å². The molecule has 1 aromatic rings. The molecule has 0 aliphatic carbocycles. The van der Waals surface area contributed by atoms with E-state index in [1.54, 1.807) is 29.4 Å². The molecule has 2 amide bonds. The smallest absolute Gasteiger partial charge is 0.321 e. The van der Waals surface area contributed by atoms with Gasteiger partial charge in [-0.2, -0.15) is 0 Å². The lowest BCUT2D eigenvalue weighted by Gasteiger charge is -2.30. The number of anilines is 1. The number of carbonyl (C=O) groups excluding carboxylic acids is 1. The van der Waals surface area contributed by atoms with Crippen molar-refractivity contribution in [1.82, 2.24) is 9.88 Å². The third kappa shape index (κ3) is 2.70. The molecule has 5 nitrogen and oxygen atoms in total. The first kappa shape index (κ1) is 10.9. The predicted molar refractivity (Wildman–Crippen MR) is 60.1 cm³/mol. The van der Waals surface area contributed by atoms with Gasteiger partial charge in [0.2, 0.25) is 0 Å². The van der Waals surface area contributed by atoms with Gasteiger partial charge in [-0.1, -0.05) is 0 Å². The van der Waals surface area contributed by atoms with Crippen molar-refractivity contribution in [3.8, 4) is 0 Å². The quantitative estimate of drug-likeness (QED) is 0.745. The summed E-state index contributed by atoms with van der Waals surface area (Å²) in [4.78, 5) is 17.3. The van der Waals surface area contributed by atoms with Crippen LogP contribution in [0, 0.1) is 0 Å². The summed E-state index contributed by atoms with van der Waals surface area (Å²) < 4.78 is 0. The number of likely N-dealkylation sites (tertiary alicyclic amines) is 1. The van der Waals surface area contributed by atoms with Crippen LogP contribution >= 0.6 is 0 Å². The lowest BCUT2D eigenvalue weighted by Crippen LogP contribution is -2.44. The zero-order valence-corrected chi connectivity index (χ0v) is 8.97. The average Bonchev–Trinajstić information content (AvgIpc) is 2.30. The Morgan fingerprint density at radius 3 is 2.94 bits per heavy atom. The van der Waals surface area contributed by atoms with Crippen molar-refractivity contribution in [2.24, 2.45) is 0 Å². The van der Waals surface area contributed by atoms with E-state index in [9.17, 15) is 9.90 Å². The van der Waals surface area contributed by atoms with E-state index in [-0.39, 0.29) is 6.03 Å². The van der Waals surface area contributed by atoms with Gasteiger partial charge in [0.05, 0.1) is 6.10 Å². The van der Waals surface area contributed by atoms with Gasteiger partial charge in [-0.25, -0.2) is 4.79 Å². The number of piperidine rings is 1. The predicted octanol–water partition coefficient (Wildman–Crippen LogP) is 1.07. The molecule has 1 aromatic heterocycles. The molecule has 2 heterocycles. The van der Waals surface area contributed by atoms with E-state index in [2.05, 4.69) is 10.3 Å². The fourth-order valence-corrected chi connectivity index (χ4v) is 1.78. The van der Waals surface area contributed by atoms with Crippen molar-refractivity contribution in [2.45, 2.75) is 18.9 Å². The van der Waals surface area contributed by atoms with Gasteiger partial charge in [0, 0.05) is 31.2 Å². The number of pyridine rings is 1. The Bertz CT molecular complexity index is 356. The van der Waals surface area contributed by atoms with Crippen molar-refractivity contribution in [1.29, 1.82) is 0 Å². The zero-order chi connectivity index (χ0) is 11.4. The Balaban J connectivity index is 1.93. The summed E-state index contributed by atoms with van der Waals surface area (Å²) in [5.41, 5.74) is 0.722. The molecule has 0 spiro atoms. The second-order valence-corrected chi connectivity index (χ2v) is 3.91. The molecule has 86 valence electrons. The number of β-amino-alcohol motifs (C(OH)–C–C–N with tert-alkyl or cyclic N) is 1. The second kappa shape index (κ2) is 4.94. The molecule has 2 N–H and O–H groups in total. The Morgan fingerprint density at radius 1 is 1.50 bits per heavy atom. The molecule has 1 fully saturated rings. The molecule has 0 radical (unpaired) electrons. The molecular weight excluding hydrogens is 206 g/mol. The summed E-state index contributed by atoms with van der Waals surface area (Å²) in [6.07, 6.45) is 4.49. The summed E-state index contributed by atoms with van der Waals surface area (Å²) in [7, 11) is 0. The second-order valence-electron chi connectivity index (χ2n) is 3.91. The average molecular weight is 221 g/mol. The van der Waals surface area contributed by atoms with Crippen LogP contribution in [0.15, 0.2) is 24.5 Å². The van der Waals surface area contributed by atoms with Crippen molar-refractivity contribution in [3.05, 3.63) is 24.5 Å². The summed E-state index contributed by atoms with van der Waals surface area (Å²) in [5, 5.41) is 12.2. The van der Waals surface area contributed by atoms with E-state index in [0.717, 1.165) is 18.5 Å². The van der Waals surface area contributed by atoms with E-state index in [0.29, 0.717) is 13.1 Å². The van der Waals surface area contributed by atoms with Gasteiger partial charge >= 0.3 is 6.03 Å². The number of carbonyl (C=O) groups is 1. The minimum Gasteiger partial charge on any atom is -0.391 e. The zero-order valence-electron chi connectivity index (χ0n) is 8.97. The summed E-state index contributed by atoms with van der Waals surface area (Å²) in [6, 6.07) is 3.31. The summed E-state index contributed by atoms with van der Waals surface area (Å²) in [5.74, 6) is 0. The first-order chi connectivity index (χ1) is 7.75. The molecule has 16 heavy (non-hydrogen) atoms. The normalized spacial score (nSPS) is 20.6. The number of aliphatic hydroxyl groups excluding tert-OH is 1. The van der Waals surface area contributed by atoms with Crippen LogP contribution in [0.4, 0.5) is 10.5 Å². The van der Waals surface area contributed by atoms with E-state index in [4.69, 9.17) is 0 Å². The highest BCUT2D eigenvalue weighted by atomic mass is 16.3. The van der Waals surface area contributed by atoms with E-state index < -0.39 is 6.10 Å². The number of aliphatic hydroxyl groups is 1. The monoisotopic (exact) mass is 221 g/mol. The molecule has 0 saturated carbocycles. The molecule has 2 rings (SSSR count). The molecule has 0 bridgehead atoms. The molecular formula is C11H15N3O2. The maximum atomic E-state index is 11.8. The molecule has 1 aliphatic rings. The number of aromatic nitrogens is 1. The highest BCUT2D eigenvalue weighted by molar-refractivity contribution is 5.89. The molecule has 0 aromatic carbocycles. The minimum atomic E-state index is -0.392. The maximum absolute atomic E-state index is 11.8. The van der Waals surface area contributed by atoms with Crippen LogP contribution in [0.25, 0.3) is 0 Å². The van der Waals surface area contributed by atoms with Crippen molar-refractivity contribution in [2.75, 3.05) is 18.4 Å². The third-order valence-electron chi connectivity index (χ3n) is 2.62. The SMILES string of the molecule is O=C(Nc1ccncc1)N1CCCC(O)C1. The van der Waals surface area contributed by atoms with Gasteiger partial charge in [0.25, 0.3) is 0 Å². The largest absolute Gasteiger partial charge is 0.391 e. The number of rotatable bonds is 1. The van der Waals surface area contributed by atoms with Crippen LogP contribution < -0.4 is 5.32 Å². The fraction of sp³-hybridized carbons (Fsp3) is 0.455. The van der Waals surface area contributed by atoms with Crippen molar-refractivity contribution in [3.63, 3.8) is 0 Å². The van der Waals surface area contributed by atoms with E-state index >= 15 is 0 Å². The van der Waals surface area contributed by atoms with Gasteiger partial charge in [-0.15, -0.1) is 0 Å². The lowest BCUT2D eigenvalue weighted by molar-refractivity contribution is 0.0883. The molecule has 1 atom stereocenters. The van der Waals surface area contributed by atoms with Crippen LogP contribution in [-0.4, -0.2) is 40.2 Å². The molecule has 1 aliphatic heterocycles. The van der Waals surface area contributed by atoms with Crippen LogP contribution in [0.5, 0.6) is 0 Å². The van der Waals surface area contributed by atoms with Crippen molar-refractivity contribution >= 4 is 11.7 Å². The Labute approximate surface area is 94.1 Å². The number of amides is 2. The summed E-state index contributed by atoms with van der Waals surface area (Å²) in [6.45, 7) is 1.12. The molecule has 1 saturated heterocycles. The van der Waals surface area contributed by atoms with Crippen LogP contribution in [0.3, 0.4) is 0 Å². The van der Waals surface area contributed by atoms with E-state index in [1.807, 2.05) is 0 Å². The van der Waals surface area contributed by atoms with Crippen LogP contribution in [0.2, 0.25) is 0 Å². The summed E-state index contributed by atoms with van der Waals surface area (Å²) >= 11 is 0. The van der Waals surface area contributed by atoms with Crippen LogP contribution in [0.1, 0.15) is 12.8 Å².